The summed E-state index contributed by atoms with van der Waals surface area (Å²) in [6.45, 7) is 0. The topological polar surface area (TPSA) is 50.2 Å². The molecule has 0 bridgehead atoms. The summed E-state index contributed by atoms with van der Waals surface area (Å²) in [7, 11) is 0. The Balaban J connectivity index is 1.82. The number of halogens is 3. The quantitative estimate of drug-likeness (QED) is 0.859. The van der Waals surface area contributed by atoms with Crippen LogP contribution in [0.4, 0.5) is 4.39 Å². The SMILES string of the molecule is O=C(CCc1cccc(Cl)c1Cl)[C@]1(F)CC[C@H](O)c2ncccc21. The highest BCUT2D eigenvalue weighted by molar-refractivity contribution is 6.42. The van der Waals surface area contributed by atoms with E-state index in [0.29, 0.717) is 22.0 Å². The van der Waals surface area contributed by atoms with Gasteiger partial charge in [-0.05, 0) is 37.0 Å². The number of benzene rings is 1. The number of hydrogen-bond acceptors (Lipinski definition) is 3. The molecule has 1 aromatic heterocycles. The number of hydrogen-bond donors (Lipinski definition) is 1. The molecule has 3 rings (SSSR count). The summed E-state index contributed by atoms with van der Waals surface area (Å²) in [4.78, 5) is 16.6. The summed E-state index contributed by atoms with van der Waals surface area (Å²) in [5, 5.41) is 10.8. The Kier molecular flexibility index (Phi) is 4.90. The van der Waals surface area contributed by atoms with Crippen LogP contribution < -0.4 is 0 Å². The number of aryl methyl sites for hydroxylation is 1. The minimum Gasteiger partial charge on any atom is -0.387 e. The summed E-state index contributed by atoms with van der Waals surface area (Å²) in [5.74, 6) is -0.528. The average molecular weight is 368 g/mol. The molecule has 2 aromatic rings. The lowest BCUT2D eigenvalue weighted by molar-refractivity contribution is -0.133. The molecule has 1 aliphatic rings. The Morgan fingerprint density at radius 1 is 1.33 bits per heavy atom. The minimum absolute atomic E-state index is 0.000984. The van der Waals surface area contributed by atoms with Gasteiger partial charge in [-0.1, -0.05) is 41.4 Å². The number of aromatic nitrogens is 1. The number of nitrogens with zero attached hydrogens (tertiary/aromatic N) is 1. The van der Waals surface area contributed by atoms with E-state index < -0.39 is 17.6 Å². The number of carbonyl (C=O) groups excluding carboxylic acids is 1. The monoisotopic (exact) mass is 367 g/mol. The van der Waals surface area contributed by atoms with Crippen LogP contribution in [0.3, 0.4) is 0 Å². The maximum absolute atomic E-state index is 15.5. The van der Waals surface area contributed by atoms with E-state index in [2.05, 4.69) is 4.98 Å². The third-order valence-corrected chi connectivity index (χ3v) is 5.30. The molecule has 0 amide bonds. The van der Waals surface area contributed by atoms with E-state index >= 15 is 4.39 Å². The van der Waals surface area contributed by atoms with Crippen molar-refractivity contribution in [2.24, 2.45) is 0 Å². The van der Waals surface area contributed by atoms with Crippen molar-refractivity contribution in [1.82, 2.24) is 4.98 Å². The highest BCUT2D eigenvalue weighted by Crippen LogP contribution is 2.43. The highest BCUT2D eigenvalue weighted by atomic mass is 35.5. The molecule has 3 nitrogen and oxygen atoms in total. The molecule has 0 radical (unpaired) electrons. The molecule has 0 spiro atoms. The molecule has 0 aliphatic heterocycles. The largest absolute Gasteiger partial charge is 0.387 e. The molecule has 2 atom stereocenters. The average Bonchev–Trinajstić information content (AvgIpc) is 2.59. The smallest absolute Gasteiger partial charge is 0.195 e. The molecule has 1 N–H and O–H groups in total. The lowest BCUT2D eigenvalue weighted by Gasteiger charge is -2.32. The number of aliphatic hydroxyl groups excluding tert-OH is 1. The lowest BCUT2D eigenvalue weighted by Crippen LogP contribution is -2.36. The highest BCUT2D eigenvalue weighted by Gasteiger charge is 2.45. The molecule has 6 heteroatoms. The normalized spacial score (nSPS) is 22.9. The first-order chi connectivity index (χ1) is 11.4. The van der Waals surface area contributed by atoms with E-state index in [4.69, 9.17) is 23.2 Å². The number of pyridine rings is 1. The molecule has 0 unspecified atom stereocenters. The molecule has 126 valence electrons. The van der Waals surface area contributed by atoms with Crippen LogP contribution in [0.5, 0.6) is 0 Å². The summed E-state index contributed by atoms with van der Waals surface area (Å²) < 4.78 is 15.5. The van der Waals surface area contributed by atoms with Gasteiger partial charge in [0.2, 0.25) is 0 Å². The Bertz CT molecular complexity index is 783. The molecule has 0 fully saturated rings. The van der Waals surface area contributed by atoms with E-state index in [-0.39, 0.29) is 30.5 Å². The van der Waals surface area contributed by atoms with Crippen LogP contribution >= 0.6 is 23.2 Å². The van der Waals surface area contributed by atoms with Crippen LogP contribution in [0, 0.1) is 0 Å². The van der Waals surface area contributed by atoms with Crippen LogP contribution in [0.2, 0.25) is 10.0 Å². The summed E-state index contributed by atoms with van der Waals surface area (Å²) in [6.07, 6.45) is 1.09. The van der Waals surface area contributed by atoms with Crippen LogP contribution in [-0.4, -0.2) is 15.9 Å². The number of carbonyl (C=O) groups is 1. The van der Waals surface area contributed by atoms with Crippen LogP contribution in [0.25, 0.3) is 0 Å². The predicted molar refractivity (Wildman–Crippen MR) is 91.0 cm³/mol. The molecular weight excluding hydrogens is 352 g/mol. The maximum atomic E-state index is 15.5. The van der Waals surface area contributed by atoms with Gasteiger partial charge >= 0.3 is 0 Å². The van der Waals surface area contributed by atoms with Crippen molar-refractivity contribution in [3.63, 3.8) is 0 Å². The number of alkyl halides is 1. The summed E-state index contributed by atoms with van der Waals surface area (Å²) >= 11 is 12.1. The number of Topliss-reactive ketones (excluding diaryl/α,β-unsaturated/α-hetero) is 1. The van der Waals surface area contributed by atoms with E-state index in [0.717, 1.165) is 0 Å². The predicted octanol–water partition coefficient (Wildman–Crippen LogP) is 4.58. The Morgan fingerprint density at radius 2 is 2.12 bits per heavy atom. The van der Waals surface area contributed by atoms with Crippen LogP contribution in [0.15, 0.2) is 36.5 Å². The first-order valence-electron chi connectivity index (χ1n) is 7.72. The summed E-state index contributed by atoms with van der Waals surface area (Å²) in [6, 6.07) is 8.28. The van der Waals surface area contributed by atoms with Gasteiger partial charge in [-0.25, -0.2) is 4.39 Å². The van der Waals surface area contributed by atoms with Crippen molar-refractivity contribution in [3.05, 3.63) is 63.4 Å². The lowest BCUT2D eigenvalue weighted by atomic mass is 9.77. The van der Waals surface area contributed by atoms with E-state index in [1.54, 1.807) is 24.3 Å². The van der Waals surface area contributed by atoms with Crippen molar-refractivity contribution >= 4 is 29.0 Å². The van der Waals surface area contributed by atoms with Gasteiger partial charge in [-0.3, -0.25) is 9.78 Å². The summed E-state index contributed by atoms with van der Waals surface area (Å²) in [5.41, 5.74) is -0.983. The minimum atomic E-state index is -2.12. The van der Waals surface area contributed by atoms with Crippen molar-refractivity contribution in [2.75, 3.05) is 0 Å². The first kappa shape index (κ1) is 17.3. The van der Waals surface area contributed by atoms with Gasteiger partial charge in [0.25, 0.3) is 0 Å². The van der Waals surface area contributed by atoms with Crippen LogP contribution in [0.1, 0.15) is 42.2 Å². The van der Waals surface area contributed by atoms with Gasteiger partial charge in [0.15, 0.2) is 11.5 Å². The van der Waals surface area contributed by atoms with Gasteiger partial charge in [-0.15, -0.1) is 0 Å². The zero-order valence-electron chi connectivity index (χ0n) is 12.8. The molecule has 1 aromatic carbocycles. The second kappa shape index (κ2) is 6.79. The Labute approximate surface area is 149 Å². The standard InChI is InChI=1S/C18H16Cl2FNO2/c19-13-5-1-3-11(16(13)20)6-7-15(24)18(21)9-8-14(23)17-12(18)4-2-10-22-17/h1-5,10,14,23H,6-9H2/t14-,18-/m0/s1. The van der Waals surface area contributed by atoms with Crippen molar-refractivity contribution in [1.29, 1.82) is 0 Å². The molecule has 1 heterocycles. The molecular formula is C18H16Cl2FNO2. The van der Waals surface area contributed by atoms with E-state index in [1.165, 1.54) is 12.3 Å². The number of fused-ring (bicyclic) bond motifs is 1. The van der Waals surface area contributed by atoms with Crippen molar-refractivity contribution in [2.45, 2.75) is 37.5 Å². The fourth-order valence-corrected chi connectivity index (χ4v) is 3.52. The third kappa shape index (κ3) is 3.06. The number of rotatable bonds is 4. The maximum Gasteiger partial charge on any atom is 0.195 e. The third-order valence-electron chi connectivity index (χ3n) is 4.44. The number of aliphatic hydroxyl groups is 1. The molecule has 1 aliphatic carbocycles. The fraction of sp³-hybridized carbons (Fsp3) is 0.333. The zero-order chi connectivity index (χ0) is 17.3. The molecule has 24 heavy (non-hydrogen) atoms. The van der Waals surface area contributed by atoms with E-state index in [1.807, 2.05) is 0 Å². The van der Waals surface area contributed by atoms with Crippen molar-refractivity contribution < 1.29 is 14.3 Å². The first-order valence-corrected chi connectivity index (χ1v) is 8.47. The van der Waals surface area contributed by atoms with Gasteiger partial charge < -0.3 is 5.11 Å². The Morgan fingerprint density at radius 3 is 2.92 bits per heavy atom. The second-order valence-electron chi connectivity index (χ2n) is 5.93. The Hall–Kier alpha value is -1.49. The molecule has 0 saturated heterocycles. The number of ketones is 1. The molecule has 0 saturated carbocycles. The second-order valence-corrected chi connectivity index (χ2v) is 6.71. The van der Waals surface area contributed by atoms with Crippen LogP contribution in [-0.2, 0) is 16.9 Å². The van der Waals surface area contributed by atoms with Gasteiger partial charge in [-0.2, -0.15) is 0 Å². The van der Waals surface area contributed by atoms with E-state index in [9.17, 15) is 9.90 Å². The van der Waals surface area contributed by atoms with Gasteiger partial charge in [0.05, 0.1) is 21.8 Å². The van der Waals surface area contributed by atoms with Crippen molar-refractivity contribution in [3.8, 4) is 0 Å². The zero-order valence-corrected chi connectivity index (χ0v) is 14.3. The van der Waals surface area contributed by atoms with Gasteiger partial charge in [0, 0.05) is 18.2 Å². The fourth-order valence-electron chi connectivity index (χ4n) is 3.10. The van der Waals surface area contributed by atoms with Gasteiger partial charge in [0.1, 0.15) is 0 Å².